The average molecular weight is 295 g/mol. The van der Waals surface area contributed by atoms with Crippen molar-refractivity contribution in [2.24, 2.45) is 17.8 Å². The molecule has 2 rings (SSSR count). The summed E-state index contributed by atoms with van der Waals surface area (Å²) < 4.78 is 0. The van der Waals surface area contributed by atoms with E-state index in [1.165, 1.54) is 25.9 Å². The lowest BCUT2D eigenvalue weighted by Gasteiger charge is -2.39. The van der Waals surface area contributed by atoms with Gasteiger partial charge in [0.05, 0.1) is 5.92 Å². The lowest BCUT2D eigenvalue weighted by Crippen LogP contribution is -2.51. The highest BCUT2D eigenvalue weighted by molar-refractivity contribution is 5.79. The van der Waals surface area contributed by atoms with Crippen molar-refractivity contribution in [1.82, 2.24) is 15.5 Å². The van der Waals surface area contributed by atoms with Crippen LogP contribution in [0.3, 0.4) is 0 Å². The maximum Gasteiger partial charge on any atom is 0.224 e. The number of rotatable bonds is 5. The fraction of sp³-hybridized carbons (Fsp3) is 0.941. The van der Waals surface area contributed by atoms with Crippen LogP contribution in [-0.2, 0) is 4.79 Å². The van der Waals surface area contributed by atoms with Crippen LogP contribution in [0.15, 0.2) is 0 Å². The number of nitrogens with one attached hydrogen (secondary N) is 2. The molecule has 2 N–H and O–H groups in total. The van der Waals surface area contributed by atoms with Crippen molar-refractivity contribution in [3.63, 3.8) is 0 Å². The van der Waals surface area contributed by atoms with Crippen LogP contribution in [0, 0.1) is 17.8 Å². The van der Waals surface area contributed by atoms with Crippen LogP contribution in [0.25, 0.3) is 0 Å². The lowest BCUT2D eigenvalue weighted by atomic mass is 9.94. The number of amides is 1. The van der Waals surface area contributed by atoms with E-state index in [2.05, 4.69) is 36.3 Å². The van der Waals surface area contributed by atoms with Crippen LogP contribution in [0.5, 0.6) is 0 Å². The van der Waals surface area contributed by atoms with Gasteiger partial charge in [-0.15, -0.1) is 0 Å². The Hall–Kier alpha value is -0.610. The Morgan fingerprint density at radius 1 is 1.29 bits per heavy atom. The number of likely N-dealkylation sites (tertiary alicyclic amines) is 1. The highest BCUT2D eigenvalue weighted by Crippen LogP contribution is 2.21. The number of piperidine rings is 2. The predicted molar refractivity (Wildman–Crippen MR) is 87.2 cm³/mol. The second kappa shape index (κ2) is 8.14. The lowest BCUT2D eigenvalue weighted by molar-refractivity contribution is -0.125. The number of hydrogen-bond donors (Lipinski definition) is 2. The van der Waals surface area contributed by atoms with Crippen LogP contribution < -0.4 is 10.6 Å². The van der Waals surface area contributed by atoms with E-state index >= 15 is 0 Å². The number of carbonyl (C=O) groups excluding carboxylic acids is 1. The largest absolute Gasteiger partial charge is 0.354 e. The minimum atomic E-state index is 0.174. The SMILES string of the molecule is CC1CCN(C(CNC(=O)C2CCCNC2)C(C)C)CC1. The number of nitrogens with zero attached hydrogens (tertiary/aromatic N) is 1. The molecule has 2 saturated heterocycles. The van der Waals surface area contributed by atoms with Crippen molar-refractivity contribution in [1.29, 1.82) is 0 Å². The van der Waals surface area contributed by atoms with E-state index in [0.29, 0.717) is 12.0 Å². The maximum atomic E-state index is 12.3. The Labute approximate surface area is 130 Å². The summed E-state index contributed by atoms with van der Waals surface area (Å²) >= 11 is 0. The average Bonchev–Trinajstić information content (AvgIpc) is 2.49. The molecule has 0 aromatic heterocycles. The van der Waals surface area contributed by atoms with Crippen molar-refractivity contribution >= 4 is 5.91 Å². The van der Waals surface area contributed by atoms with E-state index in [4.69, 9.17) is 0 Å². The smallest absolute Gasteiger partial charge is 0.224 e. The quantitative estimate of drug-likeness (QED) is 0.814. The molecule has 0 bridgehead atoms. The summed E-state index contributed by atoms with van der Waals surface area (Å²) in [5.41, 5.74) is 0. The fourth-order valence-corrected chi connectivity index (χ4v) is 3.57. The summed E-state index contributed by atoms with van der Waals surface area (Å²) in [5, 5.41) is 6.54. The van der Waals surface area contributed by atoms with E-state index in [1.807, 2.05) is 0 Å². The van der Waals surface area contributed by atoms with Gasteiger partial charge in [0.2, 0.25) is 5.91 Å². The van der Waals surface area contributed by atoms with Crippen molar-refractivity contribution < 1.29 is 4.79 Å². The Kier molecular flexibility index (Phi) is 6.49. The highest BCUT2D eigenvalue weighted by Gasteiger charge is 2.27. The highest BCUT2D eigenvalue weighted by atomic mass is 16.1. The van der Waals surface area contributed by atoms with Gasteiger partial charge < -0.3 is 10.6 Å². The third kappa shape index (κ3) is 4.96. The zero-order valence-electron chi connectivity index (χ0n) is 14.0. The van der Waals surface area contributed by atoms with Gasteiger partial charge in [0, 0.05) is 19.1 Å². The molecular formula is C17H33N3O. The molecule has 2 unspecified atom stereocenters. The van der Waals surface area contributed by atoms with E-state index < -0.39 is 0 Å². The summed E-state index contributed by atoms with van der Waals surface area (Å²) in [5.74, 6) is 1.87. The maximum absolute atomic E-state index is 12.3. The van der Waals surface area contributed by atoms with E-state index in [9.17, 15) is 4.79 Å². The van der Waals surface area contributed by atoms with Gasteiger partial charge in [-0.3, -0.25) is 9.69 Å². The molecule has 0 aromatic rings. The van der Waals surface area contributed by atoms with Crippen LogP contribution in [-0.4, -0.2) is 49.6 Å². The first kappa shape index (κ1) is 16.8. The molecule has 2 atom stereocenters. The minimum Gasteiger partial charge on any atom is -0.354 e. The molecule has 2 aliphatic rings. The number of carbonyl (C=O) groups is 1. The molecule has 0 aliphatic carbocycles. The van der Waals surface area contributed by atoms with Crippen LogP contribution in [0.1, 0.15) is 46.5 Å². The summed E-state index contributed by atoms with van der Waals surface area (Å²) in [6.07, 6.45) is 4.75. The van der Waals surface area contributed by atoms with Gasteiger partial charge in [-0.2, -0.15) is 0 Å². The molecule has 4 heteroatoms. The monoisotopic (exact) mass is 295 g/mol. The van der Waals surface area contributed by atoms with E-state index in [1.54, 1.807) is 0 Å². The van der Waals surface area contributed by atoms with Gasteiger partial charge in [-0.25, -0.2) is 0 Å². The van der Waals surface area contributed by atoms with Gasteiger partial charge in [-0.1, -0.05) is 20.8 Å². The molecule has 0 saturated carbocycles. The van der Waals surface area contributed by atoms with Crippen molar-refractivity contribution in [3.05, 3.63) is 0 Å². The van der Waals surface area contributed by atoms with Crippen molar-refractivity contribution in [2.75, 3.05) is 32.7 Å². The summed E-state index contributed by atoms with van der Waals surface area (Å²) in [6, 6.07) is 0.484. The Morgan fingerprint density at radius 2 is 2.00 bits per heavy atom. The molecular weight excluding hydrogens is 262 g/mol. The molecule has 21 heavy (non-hydrogen) atoms. The van der Waals surface area contributed by atoms with Gasteiger partial charge >= 0.3 is 0 Å². The van der Waals surface area contributed by atoms with Crippen LogP contribution in [0.2, 0.25) is 0 Å². The van der Waals surface area contributed by atoms with Crippen molar-refractivity contribution in [2.45, 2.75) is 52.5 Å². The summed E-state index contributed by atoms with van der Waals surface area (Å²) in [7, 11) is 0. The van der Waals surface area contributed by atoms with E-state index in [-0.39, 0.29) is 11.8 Å². The third-order valence-electron chi connectivity index (χ3n) is 5.21. The minimum absolute atomic E-state index is 0.174. The molecule has 0 spiro atoms. The molecule has 0 radical (unpaired) electrons. The standard InChI is InChI=1S/C17H33N3O/c1-13(2)16(20-9-6-14(3)7-10-20)12-19-17(21)15-5-4-8-18-11-15/h13-16,18H,4-12H2,1-3H3,(H,19,21). The van der Waals surface area contributed by atoms with Crippen molar-refractivity contribution in [3.8, 4) is 0 Å². The van der Waals surface area contributed by atoms with E-state index in [0.717, 1.165) is 38.4 Å². The zero-order chi connectivity index (χ0) is 15.2. The predicted octanol–water partition coefficient (Wildman–Crippen LogP) is 1.86. The second-order valence-corrected chi connectivity index (χ2v) is 7.32. The topological polar surface area (TPSA) is 44.4 Å². The first-order valence-electron chi connectivity index (χ1n) is 8.80. The molecule has 1 amide bonds. The van der Waals surface area contributed by atoms with Gasteiger partial charge in [0.25, 0.3) is 0 Å². The van der Waals surface area contributed by atoms with Crippen LogP contribution in [0.4, 0.5) is 0 Å². The molecule has 0 aromatic carbocycles. The first-order valence-corrected chi connectivity index (χ1v) is 8.80. The van der Waals surface area contributed by atoms with Gasteiger partial charge in [-0.05, 0) is 57.2 Å². The zero-order valence-corrected chi connectivity index (χ0v) is 14.0. The Morgan fingerprint density at radius 3 is 2.57 bits per heavy atom. The van der Waals surface area contributed by atoms with Crippen LogP contribution >= 0.6 is 0 Å². The molecule has 122 valence electrons. The normalized spacial score (nSPS) is 26.8. The summed E-state index contributed by atoms with van der Waals surface area (Å²) in [6.45, 7) is 12.0. The molecule has 2 heterocycles. The Bertz CT molecular complexity index is 318. The molecule has 2 aliphatic heterocycles. The van der Waals surface area contributed by atoms with Gasteiger partial charge in [0.15, 0.2) is 0 Å². The molecule has 4 nitrogen and oxygen atoms in total. The van der Waals surface area contributed by atoms with Gasteiger partial charge in [0.1, 0.15) is 0 Å². The Balaban J connectivity index is 1.80. The third-order valence-corrected chi connectivity index (χ3v) is 5.21. The summed E-state index contributed by atoms with van der Waals surface area (Å²) in [4.78, 5) is 14.9. The second-order valence-electron chi connectivity index (χ2n) is 7.32. The fourth-order valence-electron chi connectivity index (χ4n) is 3.57. The number of hydrogen-bond acceptors (Lipinski definition) is 3. The molecule has 2 fully saturated rings. The first-order chi connectivity index (χ1) is 10.1.